The zero-order valence-corrected chi connectivity index (χ0v) is 21.2. The summed E-state index contributed by atoms with van der Waals surface area (Å²) in [4.78, 5) is 24.2. The lowest BCUT2D eigenvalue weighted by Crippen LogP contribution is -2.41. The van der Waals surface area contributed by atoms with E-state index in [0.717, 1.165) is 30.7 Å². The van der Waals surface area contributed by atoms with Crippen LogP contribution in [-0.4, -0.2) is 61.4 Å². The second-order valence-electron chi connectivity index (χ2n) is 9.75. The monoisotopic (exact) mass is 504 g/mol. The summed E-state index contributed by atoms with van der Waals surface area (Å²) in [7, 11) is -1.90. The van der Waals surface area contributed by atoms with Crippen LogP contribution in [0.2, 0.25) is 0 Å². The van der Waals surface area contributed by atoms with E-state index in [1.807, 2.05) is 20.8 Å². The molecule has 188 valence electrons. The van der Waals surface area contributed by atoms with Crippen molar-refractivity contribution in [3.63, 3.8) is 0 Å². The lowest BCUT2D eigenvalue weighted by atomic mass is 9.90. The van der Waals surface area contributed by atoms with Crippen molar-refractivity contribution in [2.75, 3.05) is 31.3 Å². The van der Waals surface area contributed by atoms with Gasteiger partial charge in [-0.3, -0.25) is 0 Å². The van der Waals surface area contributed by atoms with Crippen molar-refractivity contribution in [1.29, 1.82) is 0 Å². The zero-order chi connectivity index (χ0) is 25.5. The summed E-state index contributed by atoms with van der Waals surface area (Å²) >= 11 is 0. The minimum atomic E-state index is -3.53. The van der Waals surface area contributed by atoms with E-state index in [9.17, 15) is 17.6 Å². The Morgan fingerprint density at radius 2 is 1.91 bits per heavy atom. The Labute approximate surface area is 203 Å². The van der Waals surface area contributed by atoms with Crippen LogP contribution in [0.3, 0.4) is 0 Å². The van der Waals surface area contributed by atoms with Crippen molar-refractivity contribution in [2.24, 2.45) is 0 Å². The number of nitrogens with zero attached hydrogens (tertiary/aromatic N) is 4. The molecule has 0 N–H and O–H groups in total. The highest BCUT2D eigenvalue weighted by atomic mass is 32.2. The molecule has 0 unspecified atom stereocenters. The molecule has 1 aliphatic heterocycles. The highest BCUT2D eigenvalue weighted by Gasteiger charge is 2.30. The first-order valence-electron chi connectivity index (χ1n) is 11.3. The van der Waals surface area contributed by atoms with Crippen molar-refractivity contribution in [3.8, 4) is 0 Å². The van der Waals surface area contributed by atoms with Gasteiger partial charge in [0.2, 0.25) is 0 Å². The van der Waals surface area contributed by atoms with Crippen LogP contribution in [-0.2, 0) is 14.6 Å². The highest BCUT2D eigenvalue weighted by molar-refractivity contribution is 7.90. The molecule has 1 saturated heterocycles. The van der Waals surface area contributed by atoms with E-state index in [2.05, 4.69) is 9.97 Å². The number of sulfone groups is 1. The average molecular weight is 505 g/mol. The summed E-state index contributed by atoms with van der Waals surface area (Å²) in [5, 5.41) is 0. The number of halogens is 1. The number of carbonyl (C=O) groups excluding carboxylic acids is 1. The molecule has 1 amide bonds. The number of aromatic nitrogens is 2. The van der Waals surface area contributed by atoms with Gasteiger partial charge in [0.25, 0.3) is 0 Å². The topological polar surface area (TPSA) is 106 Å². The van der Waals surface area contributed by atoms with E-state index in [4.69, 9.17) is 9.15 Å². The van der Waals surface area contributed by atoms with Gasteiger partial charge in [0, 0.05) is 32.0 Å². The number of anilines is 2. The first kappa shape index (κ1) is 24.9. The summed E-state index contributed by atoms with van der Waals surface area (Å²) in [6.07, 6.45) is 5.21. The fraction of sp³-hybridized carbons (Fsp3) is 0.458. The van der Waals surface area contributed by atoms with Gasteiger partial charge >= 0.3 is 6.09 Å². The van der Waals surface area contributed by atoms with Crippen LogP contribution in [0.25, 0.3) is 11.1 Å². The van der Waals surface area contributed by atoms with E-state index in [0.29, 0.717) is 30.0 Å². The number of hydrogen-bond donors (Lipinski definition) is 0. The van der Waals surface area contributed by atoms with Crippen LogP contribution in [0.1, 0.15) is 45.1 Å². The standard InChI is InChI=1S/C24H29FN4O5S/c1-24(2,3)34-23(30)29-10-8-15(9-11-29)17-13-33-21-20(17)26-14-27-22(21)28(4)19-7-6-16(12-18(19)25)35(5,31)32/h6-7,12-15H,8-11H2,1-5H3. The number of likely N-dealkylation sites (tertiary alicyclic amines) is 1. The molecule has 1 aromatic carbocycles. The molecular weight excluding hydrogens is 475 g/mol. The number of hydrogen-bond acceptors (Lipinski definition) is 8. The van der Waals surface area contributed by atoms with Crippen molar-refractivity contribution >= 4 is 38.5 Å². The zero-order valence-electron chi connectivity index (χ0n) is 20.4. The minimum Gasteiger partial charge on any atom is -0.458 e. The Morgan fingerprint density at radius 3 is 2.51 bits per heavy atom. The number of carbonyl (C=O) groups is 1. The smallest absolute Gasteiger partial charge is 0.410 e. The highest BCUT2D eigenvalue weighted by Crippen LogP contribution is 2.38. The molecule has 11 heteroatoms. The van der Waals surface area contributed by atoms with Crippen molar-refractivity contribution in [2.45, 2.75) is 50.0 Å². The van der Waals surface area contributed by atoms with E-state index in [-0.39, 0.29) is 22.6 Å². The second kappa shape index (κ2) is 9.10. The second-order valence-corrected chi connectivity index (χ2v) is 11.8. The molecule has 1 aliphatic rings. The molecule has 4 rings (SSSR count). The first-order valence-corrected chi connectivity index (χ1v) is 13.2. The third-order valence-corrected chi connectivity index (χ3v) is 7.09. The van der Waals surface area contributed by atoms with E-state index in [1.165, 1.54) is 23.4 Å². The summed E-state index contributed by atoms with van der Waals surface area (Å²) in [6.45, 7) is 6.64. The third kappa shape index (κ3) is 5.24. The lowest BCUT2D eigenvalue weighted by molar-refractivity contribution is 0.0205. The van der Waals surface area contributed by atoms with E-state index in [1.54, 1.807) is 18.2 Å². The third-order valence-electron chi connectivity index (χ3n) is 5.98. The predicted octanol–water partition coefficient (Wildman–Crippen LogP) is 4.65. The quantitative estimate of drug-likeness (QED) is 0.506. The van der Waals surface area contributed by atoms with Gasteiger partial charge in [-0.2, -0.15) is 0 Å². The Morgan fingerprint density at radius 1 is 1.23 bits per heavy atom. The first-order chi connectivity index (χ1) is 16.3. The molecule has 1 fully saturated rings. The summed E-state index contributed by atoms with van der Waals surface area (Å²) in [6, 6.07) is 3.75. The molecule has 0 atom stereocenters. The maximum Gasteiger partial charge on any atom is 0.410 e. The average Bonchev–Trinajstić information content (AvgIpc) is 3.21. The van der Waals surface area contributed by atoms with E-state index >= 15 is 0 Å². The van der Waals surface area contributed by atoms with Gasteiger partial charge in [-0.1, -0.05) is 0 Å². The summed E-state index contributed by atoms with van der Waals surface area (Å²) in [5.74, 6) is -0.198. The number of furan rings is 1. The van der Waals surface area contributed by atoms with Crippen molar-refractivity contribution in [1.82, 2.24) is 14.9 Å². The fourth-order valence-electron chi connectivity index (χ4n) is 4.19. The molecule has 0 saturated carbocycles. The lowest BCUT2D eigenvalue weighted by Gasteiger charge is -2.33. The van der Waals surface area contributed by atoms with Gasteiger partial charge in [0.05, 0.1) is 16.8 Å². The van der Waals surface area contributed by atoms with Crippen molar-refractivity contribution < 1.29 is 26.8 Å². The van der Waals surface area contributed by atoms with Crippen LogP contribution in [0.15, 0.2) is 40.1 Å². The molecular formula is C24H29FN4O5S. The normalized spacial score (nSPS) is 15.4. The fourth-order valence-corrected chi connectivity index (χ4v) is 4.82. The van der Waals surface area contributed by atoms with Gasteiger partial charge < -0.3 is 19.0 Å². The molecule has 3 aromatic rings. The molecule has 0 aliphatic carbocycles. The van der Waals surface area contributed by atoms with Crippen LogP contribution >= 0.6 is 0 Å². The summed E-state index contributed by atoms with van der Waals surface area (Å²) in [5.41, 5.74) is 1.56. The molecule has 2 aromatic heterocycles. The van der Waals surface area contributed by atoms with Crippen LogP contribution in [0, 0.1) is 5.82 Å². The number of benzene rings is 1. The van der Waals surface area contributed by atoms with Crippen LogP contribution < -0.4 is 4.90 Å². The Kier molecular flexibility index (Phi) is 6.48. The van der Waals surface area contributed by atoms with Gasteiger partial charge in [-0.15, -0.1) is 0 Å². The predicted molar refractivity (Wildman–Crippen MR) is 129 cm³/mol. The Bertz CT molecular complexity index is 1360. The SMILES string of the molecule is CN(c1ccc(S(C)(=O)=O)cc1F)c1ncnc2c(C3CCN(C(=O)OC(C)(C)C)CC3)coc12. The maximum atomic E-state index is 14.8. The van der Waals surface area contributed by atoms with Crippen LogP contribution in [0.5, 0.6) is 0 Å². The van der Waals surface area contributed by atoms with Gasteiger partial charge in [0.15, 0.2) is 21.2 Å². The number of fused-ring (bicyclic) bond motifs is 1. The number of piperidine rings is 1. The summed E-state index contributed by atoms with van der Waals surface area (Å²) < 4.78 is 49.6. The molecule has 3 heterocycles. The molecule has 0 radical (unpaired) electrons. The molecule has 0 spiro atoms. The largest absolute Gasteiger partial charge is 0.458 e. The Balaban J connectivity index is 1.56. The van der Waals surface area contributed by atoms with Crippen molar-refractivity contribution in [3.05, 3.63) is 42.2 Å². The minimum absolute atomic E-state index is 0.0991. The van der Waals surface area contributed by atoms with Gasteiger partial charge in [0.1, 0.15) is 23.3 Å². The van der Waals surface area contributed by atoms with Crippen LogP contribution in [0.4, 0.5) is 20.7 Å². The van der Waals surface area contributed by atoms with E-state index < -0.39 is 21.3 Å². The van der Waals surface area contributed by atoms with Gasteiger partial charge in [-0.05, 0) is 57.7 Å². The molecule has 35 heavy (non-hydrogen) atoms. The maximum absolute atomic E-state index is 14.8. The number of amides is 1. The van der Waals surface area contributed by atoms with Gasteiger partial charge in [-0.25, -0.2) is 27.6 Å². The molecule has 9 nitrogen and oxygen atoms in total. The Hall–Kier alpha value is -3.21. The molecule has 0 bridgehead atoms. The number of ether oxygens (including phenoxy) is 1. The number of rotatable bonds is 4.